The van der Waals surface area contributed by atoms with E-state index in [1.165, 1.54) is 17.3 Å². The molecular formula is C11H11ClN4O2. The van der Waals surface area contributed by atoms with Gasteiger partial charge >= 0.3 is 5.97 Å². The van der Waals surface area contributed by atoms with Crippen molar-refractivity contribution in [3.05, 3.63) is 35.9 Å². The highest BCUT2D eigenvalue weighted by Gasteiger charge is 2.14. The van der Waals surface area contributed by atoms with E-state index in [9.17, 15) is 4.79 Å². The van der Waals surface area contributed by atoms with Crippen LogP contribution in [0.4, 0.5) is 5.69 Å². The van der Waals surface area contributed by atoms with Crippen molar-refractivity contribution < 1.29 is 9.90 Å². The molecule has 1 aromatic heterocycles. The molecule has 2 N–H and O–H groups in total. The molecule has 6 nitrogen and oxygen atoms in total. The van der Waals surface area contributed by atoms with Crippen LogP contribution >= 0.6 is 11.6 Å². The van der Waals surface area contributed by atoms with E-state index in [0.717, 1.165) is 0 Å². The van der Waals surface area contributed by atoms with E-state index >= 15 is 0 Å². The highest BCUT2D eigenvalue weighted by Crippen LogP contribution is 2.24. The minimum Gasteiger partial charge on any atom is -0.480 e. The molecule has 1 heterocycles. The van der Waals surface area contributed by atoms with Crippen molar-refractivity contribution in [2.45, 2.75) is 13.0 Å². The van der Waals surface area contributed by atoms with Crippen LogP contribution in [0.15, 0.2) is 30.9 Å². The molecule has 1 aromatic carbocycles. The molecule has 0 aliphatic heterocycles. The Hall–Kier alpha value is -2.08. The van der Waals surface area contributed by atoms with Crippen molar-refractivity contribution in [2.24, 2.45) is 0 Å². The first kappa shape index (κ1) is 12.4. The third-order valence-electron chi connectivity index (χ3n) is 2.37. The minimum atomic E-state index is -0.945. The summed E-state index contributed by atoms with van der Waals surface area (Å²) in [6.45, 7) is 1.55. The van der Waals surface area contributed by atoms with Crippen LogP contribution in [0, 0.1) is 0 Å². The fourth-order valence-electron chi connectivity index (χ4n) is 1.45. The molecule has 0 radical (unpaired) electrons. The molecule has 0 amide bonds. The van der Waals surface area contributed by atoms with E-state index in [4.69, 9.17) is 16.7 Å². The monoisotopic (exact) mass is 266 g/mol. The number of hydrogen-bond acceptors (Lipinski definition) is 4. The number of carboxylic acid groups (broad SMARTS) is 1. The molecule has 0 bridgehead atoms. The lowest BCUT2D eigenvalue weighted by atomic mass is 10.2. The lowest BCUT2D eigenvalue weighted by Crippen LogP contribution is -2.26. The van der Waals surface area contributed by atoms with Crippen molar-refractivity contribution >= 4 is 23.3 Å². The van der Waals surface area contributed by atoms with Crippen LogP contribution in [-0.2, 0) is 4.79 Å². The van der Waals surface area contributed by atoms with E-state index in [2.05, 4.69) is 15.4 Å². The number of nitrogens with one attached hydrogen (secondary N) is 1. The molecule has 0 saturated carbocycles. The highest BCUT2D eigenvalue weighted by molar-refractivity contribution is 6.31. The summed E-state index contributed by atoms with van der Waals surface area (Å²) in [4.78, 5) is 14.7. The van der Waals surface area contributed by atoms with Gasteiger partial charge in [-0.3, -0.25) is 4.79 Å². The first-order valence-corrected chi connectivity index (χ1v) is 5.59. The van der Waals surface area contributed by atoms with E-state index in [1.807, 2.05) is 0 Å². The van der Waals surface area contributed by atoms with Gasteiger partial charge in [0, 0.05) is 5.02 Å². The molecule has 0 aliphatic rings. The molecule has 1 unspecified atom stereocenters. The summed E-state index contributed by atoms with van der Waals surface area (Å²) in [5.41, 5.74) is 1.27. The number of aromatic nitrogens is 3. The van der Waals surface area contributed by atoms with E-state index in [-0.39, 0.29) is 0 Å². The zero-order valence-corrected chi connectivity index (χ0v) is 10.3. The molecule has 1 atom stereocenters. The number of anilines is 1. The molecule has 0 saturated heterocycles. The van der Waals surface area contributed by atoms with Gasteiger partial charge in [0.2, 0.25) is 0 Å². The summed E-state index contributed by atoms with van der Waals surface area (Å²) in [7, 11) is 0. The van der Waals surface area contributed by atoms with Gasteiger partial charge in [0.15, 0.2) is 0 Å². The lowest BCUT2D eigenvalue weighted by molar-refractivity contribution is -0.137. The Morgan fingerprint density at radius 3 is 2.94 bits per heavy atom. The fraction of sp³-hybridized carbons (Fsp3) is 0.182. The zero-order valence-electron chi connectivity index (χ0n) is 9.54. The summed E-state index contributed by atoms with van der Waals surface area (Å²) in [5, 5.41) is 16.3. The average molecular weight is 267 g/mol. The van der Waals surface area contributed by atoms with Gasteiger partial charge in [-0.2, -0.15) is 5.10 Å². The fourth-order valence-corrected chi connectivity index (χ4v) is 1.62. The Morgan fingerprint density at radius 1 is 1.56 bits per heavy atom. The van der Waals surface area contributed by atoms with Crippen LogP contribution in [-0.4, -0.2) is 31.9 Å². The first-order valence-electron chi connectivity index (χ1n) is 5.22. The minimum absolute atomic E-state index is 0.513. The summed E-state index contributed by atoms with van der Waals surface area (Å²) < 4.78 is 1.53. The van der Waals surface area contributed by atoms with Crippen LogP contribution in [0.2, 0.25) is 5.02 Å². The summed E-state index contributed by atoms with van der Waals surface area (Å²) in [6.07, 6.45) is 2.93. The van der Waals surface area contributed by atoms with Crippen molar-refractivity contribution in [3.8, 4) is 5.69 Å². The molecule has 94 valence electrons. The Kier molecular flexibility index (Phi) is 3.47. The maximum absolute atomic E-state index is 10.9. The topological polar surface area (TPSA) is 80.0 Å². The number of benzene rings is 1. The Morgan fingerprint density at radius 2 is 2.33 bits per heavy atom. The normalized spacial score (nSPS) is 12.1. The molecule has 0 aliphatic carbocycles. The Balaban J connectivity index is 2.38. The standard InChI is InChI=1S/C11H11ClN4O2/c1-7(11(17)18)15-9-4-8(12)2-3-10(9)16-6-13-5-14-16/h2-7,15H,1H3,(H,17,18). The second-order valence-electron chi connectivity index (χ2n) is 3.71. The van der Waals surface area contributed by atoms with Crippen molar-refractivity contribution in [1.82, 2.24) is 14.8 Å². The van der Waals surface area contributed by atoms with Crippen molar-refractivity contribution in [1.29, 1.82) is 0 Å². The second kappa shape index (κ2) is 5.05. The molecule has 0 fully saturated rings. The van der Waals surface area contributed by atoms with Crippen LogP contribution in [0.5, 0.6) is 0 Å². The number of hydrogen-bond donors (Lipinski definition) is 2. The third-order valence-corrected chi connectivity index (χ3v) is 2.60. The number of nitrogens with zero attached hydrogens (tertiary/aromatic N) is 3. The van der Waals surface area contributed by atoms with Crippen LogP contribution < -0.4 is 5.32 Å². The van der Waals surface area contributed by atoms with Gasteiger partial charge in [0.05, 0.1) is 11.4 Å². The molecule has 7 heteroatoms. The first-order chi connectivity index (χ1) is 8.58. The summed E-state index contributed by atoms with van der Waals surface area (Å²) in [5.74, 6) is -0.945. The Bertz CT molecular complexity index is 556. The molecule has 18 heavy (non-hydrogen) atoms. The Labute approximate surface area is 108 Å². The van der Waals surface area contributed by atoms with Gasteiger partial charge < -0.3 is 10.4 Å². The van der Waals surface area contributed by atoms with Crippen LogP contribution in [0.3, 0.4) is 0 Å². The predicted octanol–water partition coefficient (Wildman–Crippen LogP) is 1.81. The SMILES string of the molecule is CC(Nc1cc(Cl)ccc1-n1cncn1)C(=O)O. The van der Waals surface area contributed by atoms with Crippen LogP contribution in [0.25, 0.3) is 5.69 Å². The van der Waals surface area contributed by atoms with Gasteiger partial charge in [-0.05, 0) is 25.1 Å². The summed E-state index contributed by atoms with van der Waals surface area (Å²) >= 11 is 5.91. The number of carboxylic acids is 1. The number of rotatable bonds is 4. The summed E-state index contributed by atoms with van der Waals surface area (Å²) in [6, 6.07) is 4.37. The van der Waals surface area contributed by atoms with Gasteiger partial charge in [-0.1, -0.05) is 11.6 Å². The number of aliphatic carboxylic acids is 1. The average Bonchev–Trinajstić information content (AvgIpc) is 2.82. The maximum atomic E-state index is 10.9. The van der Waals surface area contributed by atoms with E-state index < -0.39 is 12.0 Å². The van der Waals surface area contributed by atoms with Gasteiger partial charge in [0.25, 0.3) is 0 Å². The highest BCUT2D eigenvalue weighted by atomic mass is 35.5. The third kappa shape index (κ3) is 2.60. The molecule has 2 aromatic rings. The van der Waals surface area contributed by atoms with Gasteiger partial charge in [-0.15, -0.1) is 0 Å². The van der Waals surface area contributed by atoms with Crippen molar-refractivity contribution in [2.75, 3.05) is 5.32 Å². The molecule has 0 spiro atoms. The maximum Gasteiger partial charge on any atom is 0.325 e. The smallest absolute Gasteiger partial charge is 0.325 e. The number of carbonyl (C=O) groups is 1. The molecular weight excluding hydrogens is 256 g/mol. The van der Waals surface area contributed by atoms with E-state index in [1.54, 1.807) is 25.1 Å². The zero-order chi connectivity index (χ0) is 13.1. The second-order valence-corrected chi connectivity index (χ2v) is 4.14. The molecule has 2 rings (SSSR count). The van der Waals surface area contributed by atoms with Gasteiger partial charge in [-0.25, -0.2) is 9.67 Å². The predicted molar refractivity (Wildman–Crippen MR) is 67.1 cm³/mol. The van der Waals surface area contributed by atoms with Gasteiger partial charge in [0.1, 0.15) is 18.7 Å². The lowest BCUT2D eigenvalue weighted by Gasteiger charge is -2.15. The van der Waals surface area contributed by atoms with Crippen LogP contribution in [0.1, 0.15) is 6.92 Å². The largest absolute Gasteiger partial charge is 0.480 e. The van der Waals surface area contributed by atoms with E-state index in [0.29, 0.717) is 16.4 Å². The quantitative estimate of drug-likeness (QED) is 0.882. The van der Waals surface area contributed by atoms with Crippen molar-refractivity contribution in [3.63, 3.8) is 0 Å². The number of halogens is 1.